The minimum Gasteiger partial charge on any atom is -0.443 e. The van der Waals surface area contributed by atoms with E-state index < -0.39 is 48.2 Å². The van der Waals surface area contributed by atoms with Gasteiger partial charge in [0.2, 0.25) is 0 Å². The fourth-order valence-corrected chi connectivity index (χ4v) is 4.33. The third kappa shape index (κ3) is 6.71. The Labute approximate surface area is 230 Å². The van der Waals surface area contributed by atoms with Gasteiger partial charge in [0.05, 0.1) is 31.9 Å². The highest BCUT2D eigenvalue weighted by Gasteiger charge is 2.36. The van der Waals surface area contributed by atoms with E-state index >= 15 is 8.78 Å². The fourth-order valence-electron chi connectivity index (χ4n) is 4.33. The molecule has 40 heavy (non-hydrogen) atoms. The molecule has 2 aromatic carbocycles. The first-order chi connectivity index (χ1) is 19.0. The molecule has 216 valence electrons. The molecule has 2 heterocycles. The molecule has 2 fully saturated rings. The smallest absolute Gasteiger partial charge is 0.429 e. The molecule has 2 aromatic rings. The summed E-state index contributed by atoms with van der Waals surface area (Å²) in [7, 11) is 0. The van der Waals surface area contributed by atoms with Crippen molar-refractivity contribution in [2.45, 2.75) is 39.1 Å². The number of cyclic esters (lactones) is 1. The first-order valence-corrected chi connectivity index (χ1v) is 12.8. The van der Waals surface area contributed by atoms with Gasteiger partial charge in [0.25, 0.3) is 0 Å². The Hall–Kier alpha value is -4.13. The lowest BCUT2D eigenvalue weighted by Crippen LogP contribution is -2.52. The molecule has 0 aromatic heterocycles. The van der Waals surface area contributed by atoms with E-state index in [0.717, 1.165) is 32.6 Å². The van der Waals surface area contributed by atoms with Crippen LogP contribution in [0, 0.1) is 11.6 Å². The maximum absolute atomic E-state index is 15.3. The van der Waals surface area contributed by atoms with E-state index in [9.17, 15) is 19.5 Å². The summed E-state index contributed by atoms with van der Waals surface area (Å²) in [6.45, 7) is 4.19. The predicted octanol–water partition coefficient (Wildman–Crippen LogP) is 3.89. The lowest BCUT2D eigenvalue weighted by atomic mass is 10.2. The Morgan fingerprint density at radius 3 is 2.15 bits per heavy atom. The summed E-state index contributed by atoms with van der Waals surface area (Å²) in [4.78, 5) is 40.6. The number of hydrogen-bond donors (Lipinski definition) is 1. The Balaban J connectivity index is 1.54. The molecule has 13 heteroatoms. The Kier molecular flexibility index (Phi) is 8.62. The molecule has 0 saturated carbocycles. The van der Waals surface area contributed by atoms with Gasteiger partial charge in [0, 0.05) is 25.2 Å². The number of hydrazine groups is 1. The molecule has 0 unspecified atom stereocenters. The monoisotopic (exact) mass is 562 g/mol. The van der Waals surface area contributed by atoms with Crippen LogP contribution in [0.2, 0.25) is 0 Å². The molecule has 4 rings (SSSR count). The number of rotatable bonds is 5. The normalized spacial score (nSPS) is 17.9. The van der Waals surface area contributed by atoms with E-state index in [1.807, 2.05) is 6.07 Å². The highest BCUT2D eigenvalue weighted by atomic mass is 19.1. The van der Waals surface area contributed by atoms with Gasteiger partial charge in [-0.3, -0.25) is 4.90 Å². The van der Waals surface area contributed by atoms with E-state index in [4.69, 9.17) is 14.2 Å². The quantitative estimate of drug-likeness (QED) is 0.547. The lowest BCUT2D eigenvalue weighted by molar-refractivity contribution is -0.0421. The van der Waals surface area contributed by atoms with Gasteiger partial charge < -0.3 is 24.2 Å². The van der Waals surface area contributed by atoms with Crippen LogP contribution in [0.25, 0.3) is 0 Å². The molecular weight excluding hydrogens is 530 g/mol. The zero-order valence-corrected chi connectivity index (χ0v) is 22.5. The number of anilines is 2. The second-order valence-electron chi connectivity index (χ2n) is 10.3. The van der Waals surface area contributed by atoms with Gasteiger partial charge >= 0.3 is 18.3 Å². The SMILES string of the molecule is CC(C)(C)OC(=O)N1CCN(c2c(F)cc(N3C[C@H](CO)OC3=O)cc2F)CCN1C(=O)OCc1ccccc1. The number of nitrogens with zero attached hydrogens (tertiary/aromatic N) is 4. The van der Waals surface area contributed by atoms with Crippen LogP contribution in [-0.4, -0.2) is 84.4 Å². The average Bonchev–Trinajstić information content (AvgIpc) is 3.14. The highest BCUT2D eigenvalue weighted by molar-refractivity contribution is 5.90. The van der Waals surface area contributed by atoms with Gasteiger partial charge in [-0.25, -0.2) is 33.2 Å². The summed E-state index contributed by atoms with van der Waals surface area (Å²) in [6, 6.07) is 11.0. The second kappa shape index (κ2) is 11.9. The largest absolute Gasteiger partial charge is 0.443 e. The number of benzene rings is 2. The average molecular weight is 563 g/mol. The molecule has 0 spiro atoms. The molecule has 2 aliphatic rings. The third-order valence-corrected chi connectivity index (χ3v) is 6.18. The summed E-state index contributed by atoms with van der Waals surface area (Å²) < 4.78 is 46.5. The standard InChI is InChI=1S/C27H32F2N4O7/c1-27(2,3)40-26(37)33-12-10-30(9-11-32(33)25(36)38-17-18-7-5-4-6-8-18)23-21(28)13-19(14-22(23)29)31-15-20(16-34)39-24(31)35/h4-8,13-14,20,34H,9-12,15-17H2,1-3H3/t20-/m1/s1. The first kappa shape index (κ1) is 28.9. The zero-order valence-electron chi connectivity index (χ0n) is 22.5. The van der Waals surface area contributed by atoms with Crippen LogP contribution in [-0.2, 0) is 20.8 Å². The van der Waals surface area contributed by atoms with Crippen molar-refractivity contribution in [3.8, 4) is 0 Å². The Morgan fingerprint density at radius 1 is 1.00 bits per heavy atom. The molecule has 2 saturated heterocycles. The molecule has 2 aliphatic heterocycles. The number of aliphatic hydroxyl groups excluding tert-OH is 1. The van der Waals surface area contributed by atoms with Crippen molar-refractivity contribution in [1.82, 2.24) is 10.0 Å². The lowest BCUT2D eigenvalue weighted by Gasteiger charge is -2.33. The van der Waals surface area contributed by atoms with Crippen molar-refractivity contribution in [2.75, 3.05) is 49.1 Å². The maximum atomic E-state index is 15.3. The van der Waals surface area contributed by atoms with Crippen molar-refractivity contribution in [3.05, 3.63) is 59.7 Å². The summed E-state index contributed by atoms with van der Waals surface area (Å²) in [5.41, 5.74) is -0.551. The number of aliphatic hydroxyl groups is 1. The van der Waals surface area contributed by atoms with Crippen LogP contribution in [0.3, 0.4) is 0 Å². The Bertz CT molecular complexity index is 1220. The topological polar surface area (TPSA) is 112 Å². The number of carbonyl (C=O) groups is 3. The summed E-state index contributed by atoms with van der Waals surface area (Å²) >= 11 is 0. The van der Waals surface area contributed by atoms with Crippen molar-refractivity contribution in [2.24, 2.45) is 0 Å². The van der Waals surface area contributed by atoms with Gasteiger partial charge in [-0.2, -0.15) is 0 Å². The summed E-state index contributed by atoms with van der Waals surface area (Å²) in [5, 5.41) is 11.4. The van der Waals surface area contributed by atoms with Gasteiger partial charge in [-0.05, 0) is 26.3 Å². The van der Waals surface area contributed by atoms with Crippen molar-refractivity contribution < 1.29 is 42.5 Å². The van der Waals surface area contributed by atoms with E-state index in [1.165, 1.54) is 4.90 Å². The van der Waals surface area contributed by atoms with E-state index in [0.29, 0.717) is 0 Å². The molecule has 0 radical (unpaired) electrons. The van der Waals surface area contributed by atoms with Crippen molar-refractivity contribution in [1.29, 1.82) is 0 Å². The zero-order chi connectivity index (χ0) is 29.0. The molecule has 11 nitrogen and oxygen atoms in total. The number of amides is 3. The van der Waals surface area contributed by atoms with Gasteiger partial charge in [-0.1, -0.05) is 30.3 Å². The molecular formula is C27H32F2N4O7. The molecule has 1 atom stereocenters. The Morgan fingerprint density at radius 2 is 1.60 bits per heavy atom. The minimum absolute atomic E-state index is 0.0345. The van der Waals surface area contributed by atoms with Gasteiger partial charge in [0.15, 0.2) is 11.6 Å². The number of hydrogen-bond acceptors (Lipinski definition) is 8. The molecule has 0 aliphatic carbocycles. The molecule has 3 amide bonds. The van der Waals surface area contributed by atoms with Crippen LogP contribution in [0.1, 0.15) is 26.3 Å². The fraction of sp³-hybridized carbons (Fsp3) is 0.444. The van der Waals surface area contributed by atoms with E-state index in [1.54, 1.807) is 45.0 Å². The highest BCUT2D eigenvalue weighted by Crippen LogP contribution is 2.32. The minimum atomic E-state index is -0.945. The summed E-state index contributed by atoms with van der Waals surface area (Å²) in [5.74, 6) is -1.89. The maximum Gasteiger partial charge on any atom is 0.429 e. The van der Waals surface area contributed by atoms with Crippen LogP contribution < -0.4 is 9.80 Å². The van der Waals surface area contributed by atoms with Crippen LogP contribution >= 0.6 is 0 Å². The number of halogens is 2. The van der Waals surface area contributed by atoms with E-state index in [2.05, 4.69) is 0 Å². The second-order valence-corrected chi connectivity index (χ2v) is 10.3. The van der Waals surface area contributed by atoms with Crippen molar-refractivity contribution in [3.63, 3.8) is 0 Å². The molecule has 1 N–H and O–H groups in total. The van der Waals surface area contributed by atoms with Gasteiger partial charge in [-0.15, -0.1) is 0 Å². The molecule has 0 bridgehead atoms. The van der Waals surface area contributed by atoms with Crippen LogP contribution in [0.4, 0.5) is 34.5 Å². The first-order valence-electron chi connectivity index (χ1n) is 12.8. The third-order valence-electron chi connectivity index (χ3n) is 6.18. The number of ether oxygens (including phenoxy) is 3. The van der Waals surface area contributed by atoms with Crippen molar-refractivity contribution >= 4 is 29.7 Å². The number of carbonyl (C=O) groups excluding carboxylic acids is 3. The van der Waals surface area contributed by atoms with Crippen LogP contribution in [0.15, 0.2) is 42.5 Å². The summed E-state index contributed by atoms with van der Waals surface area (Å²) in [6.07, 6.45) is -3.25. The van der Waals surface area contributed by atoms with Gasteiger partial charge in [0.1, 0.15) is 24.0 Å². The predicted molar refractivity (Wildman–Crippen MR) is 140 cm³/mol. The van der Waals surface area contributed by atoms with Crippen LogP contribution in [0.5, 0.6) is 0 Å². The van der Waals surface area contributed by atoms with E-state index in [-0.39, 0.29) is 50.7 Å².